The van der Waals surface area contributed by atoms with Gasteiger partial charge in [-0.25, -0.2) is 0 Å². The molecule has 1 amide bonds. The summed E-state index contributed by atoms with van der Waals surface area (Å²) in [6.07, 6.45) is 4.99. The van der Waals surface area contributed by atoms with Crippen molar-refractivity contribution in [2.45, 2.75) is 52.9 Å². The Morgan fingerprint density at radius 3 is 2.43 bits per heavy atom. The lowest BCUT2D eigenvalue weighted by atomic mass is 9.76. The first-order chi connectivity index (χ1) is 9.82. The molecule has 0 spiro atoms. The van der Waals surface area contributed by atoms with Crippen molar-refractivity contribution in [2.75, 3.05) is 33.2 Å². The molecule has 1 unspecified atom stereocenters. The summed E-state index contributed by atoms with van der Waals surface area (Å²) in [5.41, 5.74) is 5.93. The summed E-state index contributed by atoms with van der Waals surface area (Å²) < 4.78 is 0. The van der Waals surface area contributed by atoms with Gasteiger partial charge >= 0.3 is 0 Å². The number of amides is 1. The van der Waals surface area contributed by atoms with Crippen LogP contribution in [0.5, 0.6) is 0 Å². The number of carbonyl (C=O) groups excluding carboxylic acids is 1. The van der Waals surface area contributed by atoms with E-state index in [9.17, 15) is 4.79 Å². The highest BCUT2D eigenvalue weighted by Gasteiger charge is 2.24. The molecule has 0 aromatic carbocycles. The van der Waals surface area contributed by atoms with Crippen molar-refractivity contribution in [1.29, 1.82) is 0 Å². The standard InChI is InChI=1S/C17H35N3O/c1-17(2,3)15(7-10-18)5-6-16(21)19-13-14-8-11-20(4)12-9-14/h14-15H,5-13,18H2,1-4H3,(H,19,21). The van der Waals surface area contributed by atoms with Gasteiger partial charge in [-0.3, -0.25) is 4.79 Å². The van der Waals surface area contributed by atoms with Crippen molar-refractivity contribution >= 4 is 5.91 Å². The Labute approximate surface area is 130 Å². The van der Waals surface area contributed by atoms with Crippen molar-refractivity contribution in [3.8, 4) is 0 Å². The van der Waals surface area contributed by atoms with E-state index in [0.717, 1.165) is 32.5 Å². The molecular formula is C17H35N3O. The first-order valence-electron chi connectivity index (χ1n) is 8.48. The molecule has 1 heterocycles. The molecule has 4 heteroatoms. The Bertz CT molecular complexity index is 304. The first-order valence-corrected chi connectivity index (χ1v) is 8.48. The molecule has 4 nitrogen and oxygen atoms in total. The number of piperidine rings is 1. The van der Waals surface area contributed by atoms with Crippen molar-refractivity contribution in [2.24, 2.45) is 23.0 Å². The molecule has 124 valence electrons. The molecule has 1 saturated heterocycles. The molecule has 0 saturated carbocycles. The Hall–Kier alpha value is -0.610. The minimum atomic E-state index is 0.209. The van der Waals surface area contributed by atoms with Gasteiger partial charge in [0, 0.05) is 13.0 Å². The summed E-state index contributed by atoms with van der Waals surface area (Å²) in [4.78, 5) is 14.4. The highest BCUT2D eigenvalue weighted by atomic mass is 16.1. The molecule has 0 bridgehead atoms. The van der Waals surface area contributed by atoms with Crippen molar-refractivity contribution in [3.63, 3.8) is 0 Å². The van der Waals surface area contributed by atoms with E-state index in [1.54, 1.807) is 0 Å². The number of carbonyl (C=O) groups is 1. The quantitative estimate of drug-likeness (QED) is 0.757. The molecular weight excluding hydrogens is 262 g/mol. The topological polar surface area (TPSA) is 58.4 Å². The van der Waals surface area contributed by atoms with Crippen LogP contribution in [0.25, 0.3) is 0 Å². The van der Waals surface area contributed by atoms with Crippen LogP contribution in [0.3, 0.4) is 0 Å². The summed E-state index contributed by atoms with van der Waals surface area (Å²) in [5, 5.41) is 3.13. The van der Waals surface area contributed by atoms with Gasteiger partial charge < -0.3 is 16.0 Å². The molecule has 1 aliphatic rings. The normalized spacial score (nSPS) is 19.5. The van der Waals surface area contributed by atoms with Gasteiger partial charge in [0.2, 0.25) is 5.91 Å². The van der Waals surface area contributed by atoms with Crippen molar-refractivity contribution in [3.05, 3.63) is 0 Å². The molecule has 0 aliphatic carbocycles. The zero-order chi connectivity index (χ0) is 15.9. The van der Waals surface area contributed by atoms with Crippen LogP contribution in [0.15, 0.2) is 0 Å². The summed E-state index contributed by atoms with van der Waals surface area (Å²) in [6, 6.07) is 0. The van der Waals surface area contributed by atoms with Gasteiger partial charge in [0.1, 0.15) is 0 Å². The SMILES string of the molecule is CN1CCC(CNC(=O)CCC(CCN)C(C)(C)C)CC1. The molecule has 1 aliphatic heterocycles. The van der Waals surface area contributed by atoms with Gasteiger partial charge in [-0.1, -0.05) is 20.8 Å². The van der Waals surface area contributed by atoms with E-state index in [4.69, 9.17) is 5.73 Å². The fourth-order valence-corrected chi connectivity index (χ4v) is 3.13. The fraction of sp³-hybridized carbons (Fsp3) is 0.941. The molecule has 0 aromatic heterocycles. The van der Waals surface area contributed by atoms with Crippen LogP contribution in [0.2, 0.25) is 0 Å². The maximum atomic E-state index is 12.0. The van der Waals surface area contributed by atoms with E-state index in [0.29, 0.717) is 24.8 Å². The lowest BCUT2D eigenvalue weighted by Crippen LogP contribution is -2.37. The van der Waals surface area contributed by atoms with Crippen LogP contribution in [0.1, 0.15) is 52.9 Å². The molecule has 1 atom stereocenters. The number of rotatable bonds is 7. The Morgan fingerprint density at radius 1 is 1.29 bits per heavy atom. The van der Waals surface area contributed by atoms with E-state index in [1.165, 1.54) is 12.8 Å². The summed E-state index contributed by atoms with van der Waals surface area (Å²) in [5.74, 6) is 1.39. The van der Waals surface area contributed by atoms with Gasteiger partial charge in [-0.05, 0) is 69.6 Å². The second-order valence-electron chi connectivity index (χ2n) is 7.73. The smallest absolute Gasteiger partial charge is 0.220 e. The highest BCUT2D eigenvalue weighted by Crippen LogP contribution is 2.32. The fourth-order valence-electron chi connectivity index (χ4n) is 3.13. The first kappa shape index (κ1) is 18.4. The van der Waals surface area contributed by atoms with E-state index in [1.807, 2.05) is 0 Å². The Kier molecular flexibility index (Phi) is 7.67. The molecule has 0 radical (unpaired) electrons. The number of hydrogen-bond acceptors (Lipinski definition) is 3. The highest BCUT2D eigenvalue weighted by molar-refractivity contribution is 5.75. The van der Waals surface area contributed by atoms with Crippen LogP contribution in [0.4, 0.5) is 0 Å². The van der Waals surface area contributed by atoms with Gasteiger partial charge in [0.05, 0.1) is 0 Å². The number of nitrogens with two attached hydrogens (primary N) is 1. The predicted octanol–water partition coefficient (Wildman–Crippen LogP) is 2.24. The lowest BCUT2D eigenvalue weighted by Gasteiger charge is -2.31. The number of nitrogens with zero attached hydrogens (tertiary/aromatic N) is 1. The zero-order valence-electron chi connectivity index (χ0n) is 14.5. The largest absolute Gasteiger partial charge is 0.356 e. The Balaban J connectivity index is 2.23. The number of nitrogens with one attached hydrogen (secondary N) is 1. The molecule has 21 heavy (non-hydrogen) atoms. The molecule has 1 fully saturated rings. The van der Waals surface area contributed by atoms with Crippen LogP contribution < -0.4 is 11.1 Å². The van der Waals surface area contributed by atoms with Crippen LogP contribution in [-0.2, 0) is 4.79 Å². The van der Waals surface area contributed by atoms with Crippen LogP contribution in [-0.4, -0.2) is 44.0 Å². The average molecular weight is 297 g/mol. The van der Waals surface area contributed by atoms with Crippen molar-refractivity contribution < 1.29 is 4.79 Å². The summed E-state index contributed by atoms with van der Waals surface area (Å²) in [6.45, 7) is 10.6. The van der Waals surface area contributed by atoms with Crippen LogP contribution in [0, 0.1) is 17.3 Å². The van der Waals surface area contributed by atoms with E-state index < -0.39 is 0 Å². The molecule has 3 N–H and O–H groups in total. The van der Waals surface area contributed by atoms with E-state index >= 15 is 0 Å². The number of likely N-dealkylation sites (tertiary alicyclic amines) is 1. The number of hydrogen-bond donors (Lipinski definition) is 2. The zero-order valence-corrected chi connectivity index (χ0v) is 14.5. The predicted molar refractivity (Wildman–Crippen MR) is 89.1 cm³/mol. The third-order valence-electron chi connectivity index (χ3n) is 4.89. The second kappa shape index (κ2) is 8.74. The van der Waals surface area contributed by atoms with Crippen molar-refractivity contribution in [1.82, 2.24) is 10.2 Å². The molecule has 0 aromatic rings. The lowest BCUT2D eigenvalue weighted by molar-refractivity contribution is -0.121. The summed E-state index contributed by atoms with van der Waals surface area (Å²) in [7, 11) is 2.17. The van der Waals surface area contributed by atoms with Gasteiger partial charge in [-0.2, -0.15) is 0 Å². The maximum absolute atomic E-state index is 12.0. The minimum absolute atomic E-state index is 0.209. The average Bonchev–Trinajstić information content (AvgIpc) is 2.41. The van der Waals surface area contributed by atoms with Gasteiger partial charge in [-0.15, -0.1) is 0 Å². The minimum Gasteiger partial charge on any atom is -0.356 e. The van der Waals surface area contributed by atoms with Crippen LogP contribution >= 0.6 is 0 Å². The third-order valence-corrected chi connectivity index (χ3v) is 4.89. The van der Waals surface area contributed by atoms with E-state index in [-0.39, 0.29) is 11.3 Å². The second-order valence-corrected chi connectivity index (χ2v) is 7.73. The monoisotopic (exact) mass is 297 g/mol. The van der Waals surface area contributed by atoms with Gasteiger partial charge in [0.25, 0.3) is 0 Å². The van der Waals surface area contributed by atoms with Gasteiger partial charge in [0.15, 0.2) is 0 Å². The molecule has 1 rings (SSSR count). The van der Waals surface area contributed by atoms with E-state index in [2.05, 4.69) is 38.0 Å². The third kappa shape index (κ3) is 7.28. The summed E-state index contributed by atoms with van der Waals surface area (Å²) >= 11 is 0. The Morgan fingerprint density at radius 2 is 1.90 bits per heavy atom. The maximum Gasteiger partial charge on any atom is 0.220 e.